The van der Waals surface area contributed by atoms with Crippen LogP contribution in [0.4, 0.5) is 0 Å². The molecule has 0 aliphatic carbocycles. The predicted octanol–water partition coefficient (Wildman–Crippen LogP) is 9.64. The lowest BCUT2D eigenvalue weighted by atomic mass is 10.1. The molecule has 0 spiro atoms. The third-order valence-corrected chi connectivity index (χ3v) is 5.61. The first kappa shape index (κ1) is 31.5. The fourth-order valence-electron chi connectivity index (χ4n) is 3.09. The van der Waals surface area contributed by atoms with Crippen molar-refractivity contribution in [2.75, 3.05) is 13.1 Å². The first-order chi connectivity index (χ1) is 14.7. The van der Waals surface area contributed by atoms with Gasteiger partial charge in [-0.05, 0) is 50.0 Å². The van der Waals surface area contributed by atoms with Crippen LogP contribution in [0.1, 0.15) is 122 Å². The van der Waals surface area contributed by atoms with Gasteiger partial charge in [0.15, 0.2) is 0 Å². The molecule has 0 atom stereocenters. The van der Waals surface area contributed by atoms with Crippen LogP contribution in [0.15, 0.2) is 29.7 Å². The second-order valence-corrected chi connectivity index (χ2v) is 8.37. The zero-order valence-electron chi connectivity index (χ0n) is 21.1. The van der Waals surface area contributed by atoms with E-state index in [1.54, 1.807) is 0 Å². The minimum absolute atomic E-state index is 1.03. The summed E-state index contributed by atoms with van der Waals surface area (Å²) in [5.74, 6) is 0. The van der Waals surface area contributed by atoms with Crippen molar-refractivity contribution in [1.29, 1.82) is 0 Å². The standard InChI is InChI=1S/C17H37N.C9H10S.C2H6/c1-3-5-7-8-9-10-11-12-13-14-15-17-18-16-6-4-2;1-3-8-5-4-7(2)9(10)6-8;1-2/h18H,3-17H2,1-2H3;3-6,10H,1H2,2H3;1-2H3. The van der Waals surface area contributed by atoms with Crippen LogP contribution in [0, 0.1) is 6.92 Å². The van der Waals surface area contributed by atoms with Crippen molar-refractivity contribution in [3.05, 3.63) is 35.9 Å². The maximum absolute atomic E-state index is 4.27. The minimum Gasteiger partial charge on any atom is -0.317 e. The van der Waals surface area contributed by atoms with Gasteiger partial charge in [-0.2, -0.15) is 0 Å². The summed E-state index contributed by atoms with van der Waals surface area (Å²) < 4.78 is 0. The van der Waals surface area contributed by atoms with Gasteiger partial charge < -0.3 is 5.32 Å². The van der Waals surface area contributed by atoms with Crippen LogP contribution in [0.25, 0.3) is 6.08 Å². The van der Waals surface area contributed by atoms with Crippen LogP contribution in [0.3, 0.4) is 0 Å². The summed E-state index contributed by atoms with van der Waals surface area (Å²) in [5, 5.41) is 3.52. The largest absolute Gasteiger partial charge is 0.317 e. The van der Waals surface area contributed by atoms with E-state index in [9.17, 15) is 0 Å². The maximum Gasteiger partial charge on any atom is 0.00751 e. The molecule has 2 heteroatoms. The second kappa shape index (κ2) is 26.3. The van der Waals surface area contributed by atoms with E-state index in [0.29, 0.717) is 0 Å². The summed E-state index contributed by atoms with van der Waals surface area (Å²) in [4.78, 5) is 1.03. The third kappa shape index (κ3) is 22.0. The van der Waals surface area contributed by atoms with Crippen molar-refractivity contribution in [3.63, 3.8) is 0 Å². The van der Waals surface area contributed by atoms with Gasteiger partial charge in [-0.25, -0.2) is 0 Å². The highest BCUT2D eigenvalue weighted by atomic mass is 32.1. The lowest BCUT2D eigenvalue weighted by molar-refractivity contribution is 0.536. The summed E-state index contributed by atoms with van der Waals surface area (Å²) in [6.45, 7) is 16.7. The van der Waals surface area contributed by atoms with Gasteiger partial charge >= 0.3 is 0 Å². The van der Waals surface area contributed by atoms with Crippen LogP contribution in [0.2, 0.25) is 0 Å². The molecule has 0 fully saturated rings. The van der Waals surface area contributed by atoms with Gasteiger partial charge in [0.2, 0.25) is 0 Å². The van der Waals surface area contributed by atoms with E-state index in [2.05, 4.69) is 38.4 Å². The molecule has 1 nitrogen and oxygen atoms in total. The summed E-state index contributed by atoms with van der Waals surface area (Å²) in [6.07, 6.45) is 20.3. The maximum atomic E-state index is 4.27. The quantitative estimate of drug-likeness (QED) is 0.194. The van der Waals surface area contributed by atoms with Crippen molar-refractivity contribution in [2.45, 2.75) is 123 Å². The Labute approximate surface area is 195 Å². The lowest BCUT2D eigenvalue weighted by Gasteiger charge is -2.04. The van der Waals surface area contributed by atoms with Gasteiger partial charge in [-0.3, -0.25) is 0 Å². The Morgan fingerprint density at radius 2 is 1.23 bits per heavy atom. The molecule has 0 aliphatic rings. The number of nitrogens with one attached hydrogen (secondary N) is 1. The van der Waals surface area contributed by atoms with E-state index in [1.807, 2.05) is 45.0 Å². The molecule has 1 rings (SSSR count). The van der Waals surface area contributed by atoms with Crippen LogP contribution >= 0.6 is 12.6 Å². The number of hydrogen-bond acceptors (Lipinski definition) is 2. The van der Waals surface area contributed by atoms with Crippen molar-refractivity contribution in [3.8, 4) is 0 Å². The second-order valence-electron chi connectivity index (χ2n) is 7.89. The van der Waals surface area contributed by atoms with Gasteiger partial charge in [0.05, 0.1) is 0 Å². The lowest BCUT2D eigenvalue weighted by Crippen LogP contribution is -2.16. The zero-order chi connectivity index (χ0) is 22.9. The van der Waals surface area contributed by atoms with Crippen molar-refractivity contribution >= 4 is 18.7 Å². The van der Waals surface area contributed by atoms with Gasteiger partial charge in [-0.1, -0.05) is 123 Å². The molecule has 176 valence electrons. The number of benzene rings is 1. The normalized spacial score (nSPS) is 9.93. The molecule has 30 heavy (non-hydrogen) atoms. The molecule has 0 bridgehead atoms. The number of thiol groups is 1. The molecule has 0 aromatic heterocycles. The van der Waals surface area contributed by atoms with Crippen LogP contribution in [0.5, 0.6) is 0 Å². The summed E-state index contributed by atoms with van der Waals surface area (Å²) in [5.41, 5.74) is 2.32. The Kier molecular flexibility index (Phi) is 27.6. The molecular weight excluding hydrogens is 382 g/mol. The first-order valence-corrected chi connectivity index (χ1v) is 13.2. The highest BCUT2D eigenvalue weighted by molar-refractivity contribution is 7.80. The molecule has 0 heterocycles. The average Bonchev–Trinajstić information content (AvgIpc) is 2.78. The Hall–Kier alpha value is -0.730. The Bertz CT molecular complexity index is 454. The molecule has 0 saturated heterocycles. The summed E-state index contributed by atoms with van der Waals surface area (Å²) >= 11 is 4.27. The molecule has 0 saturated carbocycles. The molecule has 0 aliphatic heterocycles. The molecule has 0 unspecified atom stereocenters. The fraction of sp³-hybridized carbons (Fsp3) is 0.714. The van der Waals surface area contributed by atoms with Gasteiger partial charge in [0.1, 0.15) is 0 Å². The third-order valence-electron chi connectivity index (χ3n) is 5.13. The Balaban J connectivity index is 0. The molecule has 0 amide bonds. The predicted molar refractivity (Wildman–Crippen MR) is 144 cm³/mol. The van der Waals surface area contributed by atoms with Crippen LogP contribution in [-0.2, 0) is 0 Å². The van der Waals surface area contributed by atoms with E-state index in [-0.39, 0.29) is 0 Å². The first-order valence-electron chi connectivity index (χ1n) is 12.8. The Morgan fingerprint density at radius 1 is 0.767 bits per heavy atom. The number of rotatable bonds is 16. The molecule has 1 N–H and O–H groups in total. The highest BCUT2D eigenvalue weighted by Gasteiger charge is 1.93. The smallest absolute Gasteiger partial charge is 0.00751 e. The fourth-order valence-corrected chi connectivity index (χ4v) is 3.32. The molecule has 0 radical (unpaired) electrons. The average molecular weight is 436 g/mol. The van der Waals surface area contributed by atoms with E-state index in [1.165, 1.54) is 102 Å². The number of unbranched alkanes of at least 4 members (excludes halogenated alkanes) is 11. The molecule has 1 aromatic carbocycles. The monoisotopic (exact) mass is 435 g/mol. The van der Waals surface area contributed by atoms with E-state index in [0.717, 1.165) is 10.5 Å². The van der Waals surface area contributed by atoms with Crippen molar-refractivity contribution < 1.29 is 0 Å². The van der Waals surface area contributed by atoms with E-state index in [4.69, 9.17) is 0 Å². The number of aryl methyl sites for hydroxylation is 1. The van der Waals surface area contributed by atoms with Crippen LogP contribution in [-0.4, -0.2) is 13.1 Å². The number of hydrogen-bond donors (Lipinski definition) is 2. The van der Waals surface area contributed by atoms with E-state index < -0.39 is 0 Å². The van der Waals surface area contributed by atoms with Gasteiger partial charge in [0, 0.05) is 4.90 Å². The molecular formula is C28H53NS. The van der Waals surface area contributed by atoms with Crippen molar-refractivity contribution in [1.82, 2.24) is 5.32 Å². The van der Waals surface area contributed by atoms with Crippen molar-refractivity contribution in [2.24, 2.45) is 0 Å². The van der Waals surface area contributed by atoms with Gasteiger partial charge in [0.25, 0.3) is 0 Å². The zero-order valence-corrected chi connectivity index (χ0v) is 22.0. The summed E-state index contributed by atoms with van der Waals surface area (Å²) in [6, 6.07) is 6.08. The topological polar surface area (TPSA) is 12.0 Å². The molecule has 1 aromatic rings. The highest BCUT2D eigenvalue weighted by Crippen LogP contribution is 2.15. The Morgan fingerprint density at radius 3 is 1.70 bits per heavy atom. The van der Waals surface area contributed by atoms with E-state index >= 15 is 0 Å². The van der Waals surface area contributed by atoms with Crippen LogP contribution < -0.4 is 5.32 Å². The summed E-state index contributed by atoms with van der Waals surface area (Å²) in [7, 11) is 0. The SMILES string of the molecule is C=Cc1ccc(C)c(S)c1.CC.CCCCCCCCCCCCCNCCCC. The van der Waals surface area contributed by atoms with Gasteiger partial charge in [-0.15, -0.1) is 12.6 Å². The minimum atomic E-state index is 1.03.